The first-order valence-corrected chi connectivity index (χ1v) is 5.32. The zero-order chi connectivity index (χ0) is 12.4. The van der Waals surface area contributed by atoms with Crippen molar-refractivity contribution in [1.29, 1.82) is 0 Å². The molecule has 6 heteroatoms. The van der Waals surface area contributed by atoms with Gasteiger partial charge in [0.25, 0.3) is 5.91 Å². The highest BCUT2D eigenvalue weighted by molar-refractivity contribution is 6.34. The maximum absolute atomic E-state index is 11.8. The van der Waals surface area contributed by atoms with Gasteiger partial charge in [0.05, 0.1) is 16.9 Å². The summed E-state index contributed by atoms with van der Waals surface area (Å²) < 4.78 is 0. The Labute approximate surface area is 103 Å². The Bertz CT molecular complexity index is 564. The zero-order valence-corrected chi connectivity index (χ0v) is 9.88. The van der Waals surface area contributed by atoms with Gasteiger partial charge >= 0.3 is 0 Å². The molecule has 0 radical (unpaired) electrons. The van der Waals surface area contributed by atoms with Crippen LogP contribution in [0.2, 0.25) is 5.02 Å². The Morgan fingerprint density at radius 2 is 2.29 bits per heavy atom. The lowest BCUT2D eigenvalue weighted by molar-refractivity contribution is 0.102. The summed E-state index contributed by atoms with van der Waals surface area (Å²) in [5.41, 5.74) is 7.41. The number of nitrogens with one attached hydrogen (secondary N) is 2. The molecule has 0 spiro atoms. The molecule has 1 heterocycles. The first-order valence-electron chi connectivity index (χ1n) is 4.94. The van der Waals surface area contributed by atoms with Crippen LogP contribution in [-0.2, 0) is 0 Å². The van der Waals surface area contributed by atoms with E-state index in [0.29, 0.717) is 16.3 Å². The minimum absolute atomic E-state index is 0.228. The number of hydrogen-bond donors (Lipinski definition) is 3. The highest BCUT2D eigenvalue weighted by Gasteiger charge is 2.12. The van der Waals surface area contributed by atoms with Crippen molar-refractivity contribution in [2.24, 2.45) is 0 Å². The number of nitrogen functional groups attached to an aromatic ring is 1. The van der Waals surface area contributed by atoms with Gasteiger partial charge in [-0.1, -0.05) is 17.7 Å². The number of carbonyl (C=O) groups is 1. The summed E-state index contributed by atoms with van der Waals surface area (Å²) in [5, 5.41) is 9.33. The van der Waals surface area contributed by atoms with Crippen LogP contribution in [0.3, 0.4) is 0 Å². The fourth-order valence-electron chi connectivity index (χ4n) is 1.39. The molecule has 5 nitrogen and oxygen atoms in total. The lowest BCUT2D eigenvalue weighted by Crippen LogP contribution is -2.13. The predicted octanol–water partition coefficient (Wildman–Crippen LogP) is 2.21. The van der Waals surface area contributed by atoms with E-state index in [1.54, 1.807) is 12.1 Å². The largest absolute Gasteiger partial charge is 0.383 e. The summed E-state index contributed by atoms with van der Waals surface area (Å²) in [6, 6.07) is 5.38. The van der Waals surface area contributed by atoms with E-state index < -0.39 is 0 Å². The normalized spacial score (nSPS) is 10.2. The molecule has 88 valence electrons. The number of rotatable bonds is 2. The quantitative estimate of drug-likeness (QED) is 0.764. The van der Waals surface area contributed by atoms with Crippen LogP contribution in [0.5, 0.6) is 0 Å². The summed E-state index contributed by atoms with van der Waals surface area (Å²) in [4.78, 5) is 11.8. The summed E-state index contributed by atoms with van der Waals surface area (Å²) >= 11 is 6.01. The minimum atomic E-state index is -0.345. The maximum Gasteiger partial charge on any atom is 0.261 e. The van der Waals surface area contributed by atoms with Crippen molar-refractivity contribution in [3.63, 3.8) is 0 Å². The van der Waals surface area contributed by atoms with Gasteiger partial charge in [-0.15, -0.1) is 0 Å². The molecule has 2 rings (SSSR count). The minimum Gasteiger partial charge on any atom is -0.383 e. The molecule has 1 aromatic heterocycles. The molecule has 0 bridgehead atoms. The molecule has 0 aliphatic carbocycles. The van der Waals surface area contributed by atoms with Gasteiger partial charge < -0.3 is 11.1 Å². The molecule has 17 heavy (non-hydrogen) atoms. The molecule has 2 aromatic rings. The molecule has 0 atom stereocenters. The van der Waals surface area contributed by atoms with Gasteiger partial charge in [-0.25, -0.2) is 0 Å². The maximum atomic E-state index is 11.8. The van der Waals surface area contributed by atoms with E-state index in [-0.39, 0.29) is 11.7 Å². The number of nitrogens with two attached hydrogens (primary N) is 1. The van der Waals surface area contributed by atoms with Gasteiger partial charge in [0.2, 0.25) is 0 Å². The van der Waals surface area contributed by atoms with E-state index in [1.165, 1.54) is 6.20 Å². The van der Waals surface area contributed by atoms with Crippen molar-refractivity contribution < 1.29 is 4.79 Å². The van der Waals surface area contributed by atoms with Crippen molar-refractivity contribution in [1.82, 2.24) is 10.2 Å². The summed E-state index contributed by atoms with van der Waals surface area (Å²) in [5.74, 6) is -0.118. The van der Waals surface area contributed by atoms with Gasteiger partial charge in [-0.2, -0.15) is 5.10 Å². The molecule has 0 fully saturated rings. The van der Waals surface area contributed by atoms with E-state index >= 15 is 0 Å². The molecule has 0 saturated heterocycles. The first kappa shape index (κ1) is 11.5. The third-order valence-corrected chi connectivity index (χ3v) is 2.60. The van der Waals surface area contributed by atoms with Gasteiger partial charge in [0.15, 0.2) is 0 Å². The number of aryl methyl sites for hydroxylation is 1. The number of nitrogens with zero attached hydrogens (tertiary/aromatic N) is 1. The molecule has 4 N–H and O–H groups in total. The fourth-order valence-corrected chi connectivity index (χ4v) is 1.67. The van der Waals surface area contributed by atoms with Crippen molar-refractivity contribution in [3.05, 3.63) is 40.5 Å². The Kier molecular flexibility index (Phi) is 3.01. The lowest BCUT2D eigenvalue weighted by Gasteiger charge is -2.07. The average molecular weight is 251 g/mol. The van der Waals surface area contributed by atoms with Crippen LogP contribution in [0.15, 0.2) is 24.4 Å². The van der Waals surface area contributed by atoms with Crippen LogP contribution in [0.1, 0.15) is 15.9 Å². The topological polar surface area (TPSA) is 83.8 Å². The second-order valence-electron chi connectivity index (χ2n) is 3.63. The SMILES string of the molecule is Cc1ccc(NC(=O)c2cn[nH]c2N)c(Cl)c1. The average Bonchev–Trinajstić information content (AvgIpc) is 2.68. The van der Waals surface area contributed by atoms with Crippen LogP contribution < -0.4 is 11.1 Å². The Balaban J connectivity index is 2.22. The van der Waals surface area contributed by atoms with Crippen LogP contribution in [0.4, 0.5) is 11.5 Å². The van der Waals surface area contributed by atoms with E-state index in [4.69, 9.17) is 17.3 Å². The number of aromatic amines is 1. The predicted molar refractivity (Wildman–Crippen MR) is 67.1 cm³/mol. The molecular weight excluding hydrogens is 240 g/mol. The second kappa shape index (κ2) is 4.47. The monoisotopic (exact) mass is 250 g/mol. The summed E-state index contributed by atoms with van der Waals surface area (Å²) in [6.07, 6.45) is 1.37. The number of halogens is 1. The number of carbonyl (C=O) groups excluding carboxylic acids is 1. The number of hydrogen-bond acceptors (Lipinski definition) is 3. The van der Waals surface area contributed by atoms with Gasteiger partial charge in [-0.3, -0.25) is 9.89 Å². The fraction of sp³-hybridized carbons (Fsp3) is 0.0909. The Morgan fingerprint density at radius 1 is 1.53 bits per heavy atom. The standard InChI is InChI=1S/C11H11ClN4O/c1-6-2-3-9(8(12)4-6)15-11(17)7-5-14-16-10(7)13/h2-5H,1H3,(H,15,17)(H3,13,14,16). The molecular formula is C11H11ClN4O. The molecule has 0 aliphatic rings. The molecule has 0 saturated carbocycles. The third kappa shape index (κ3) is 2.39. The van der Waals surface area contributed by atoms with E-state index in [0.717, 1.165) is 5.56 Å². The van der Waals surface area contributed by atoms with Crippen LogP contribution >= 0.6 is 11.6 Å². The molecule has 0 unspecified atom stereocenters. The summed E-state index contributed by atoms with van der Waals surface area (Å²) in [6.45, 7) is 1.92. The van der Waals surface area contributed by atoms with Gasteiger partial charge in [0, 0.05) is 0 Å². The van der Waals surface area contributed by atoms with E-state index in [2.05, 4.69) is 15.5 Å². The van der Waals surface area contributed by atoms with Gasteiger partial charge in [-0.05, 0) is 24.6 Å². The smallest absolute Gasteiger partial charge is 0.261 e. The van der Waals surface area contributed by atoms with Crippen LogP contribution in [0, 0.1) is 6.92 Å². The molecule has 1 amide bonds. The number of benzene rings is 1. The molecule has 0 aliphatic heterocycles. The first-order chi connectivity index (χ1) is 8.08. The van der Waals surface area contributed by atoms with Gasteiger partial charge in [0.1, 0.15) is 11.4 Å². The lowest BCUT2D eigenvalue weighted by atomic mass is 10.2. The number of amides is 1. The van der Waals surface area contributed by atoms with E-state index in [9.17, 15) is 4.79 Å². The molecule has 1 aromatic carbocycles. The van der Waals surface area contributed by atoms with Crippen molar-refractivity contribution in [2.75, 3.05) is 11.1 Å². The number of aromatic nitrogens is 2. The third-order valence-electron chi connectivity index (χ3n) is 2.29. The van der Waals surface area contributed by atoms with Crippen LogP contribution in [0.25, 0.3) is 0 Å². The summed E-state index contributed by atoms with van der Waals surface area (Å²) in [7, 11) is 0. The number of anilines is 2. The van der Waals surface area contributed by atoms with Crippen molar-refractivity contribution >= 4 is 29.0 Å². The highest BCUT2D eigenvalue weighted by Crippen LogP contribution is 2.23. The Morgan fingerprint density at radius 3 is 2.88 bits per heavy atom. The number of H-pyrrole nitrogens is 1. The van der Waals surface area contributed by atoms with Crippen molar-refractivity contribution in [2.45, 2.75) is 6.92 Å². The van der Waals surface area contributed by atoms with E-state index in [1.807, 2.05) is 13.0 Å². The van der Waals surface area contributed by atoms with Crippen LogP contribution in [-0.4, -0.2) is 16.1 Å². The van der Waals surface area contributed by atoms with Crippen molar-refractivity contribution in [3.8, 4) is 0 Å². The Hall–Kier alpha value is -2.01. The second-order valence-corrected chi connectivity index (χ2v) is 4.04. The highest BCUT2D eigenvalue weighted by atomic mass is 35.5. The zero-order valence-electron chi connectivity index (χ0n) is 9.12.